The molecule has 0 saturated carbocycles. The molecule has 0 aliphatic rings. The molecule has 0 aromatic heterocycles. The van der Waals surface area contributed by atoms with Crippen molar-refractivity contribution in [2.24, 2.45) is 0 Å². The number of hydrogen-bond acceptors (Lipinski definition) is 3. The Kier molecular flexibility index (Phi) is 8.67. The minimum Gasteiger partial charge on any atom is -0.492 e. The van der Waals surface area contributed by atoms with Crippen LogP contribution in [0.2, 0.25) is 0 Å². The summed E-state index contributed by atoms with van der Waals surface area (Å²) in [7, 11) is 1.72. The van der Waals surface area contributed by atoms with E-state index in [1.807, 2.05) is 12.1 Å². The van der Waals surface area contributed by atoms with E-state index in [1.165, 1.54) is 5.56 Å². The second-order valence-electron chi connectivity index (χ2n) is 4.78. The monoisotopic (exact) mass is 299 g/mol. The number of hydrogen-bond donors (Lipinski definition) is 0. The number of rotatable bonds is 10. The second-order valence-corrected chi connectivity index (χ2v) is 5.40. The maximum absolute atomic E-state index is 6.30. The third-order valence-electron chi connectivity index (χ3n) is 3.30. The molecule has 4 heteroatoms. The number of alkyl halides is 1. The van der Waals surface area contributed by atoms with Crippen LogP contribution in [0.5, 0.6) is 5.75 Å². The standard InChI is InChI=1S/C16H26ClNO2/c1-4-18(5-2)12-15(17)13-20-16-8-6-14(7-9-16)10-11-19-3/h6-9,15H,4-5,10-13H2,1-3H3. The highest BCUT2D eigenvalue weighted by Gasteiger charge is 2.10. The summed E-state index contributed by atoms with van der Waals surface area (Å²) in [6.07, 6.45) is 0.927. The van der Waals surface area contributed by atoms with Crippen LogP contribution < -0.4 is 4.74 Å². The number of halogens is 1. The average Bonchev–Trinajstić information content (AvgIpc) is 2.49. The van der Waals surface area contributed by atoms with E-state index in [1.54, 1.807) is 7.11 Å². The summed E-state index contributed by atoms with van der Waals surface area (Å²) < 4.78 is 10.8. The van der Waals surface area contributed by atoms with Gasteiger partial charge in [-0.3, -0.25) is 0 Å². The van der Waals surface area contributed by atoms with Gasteiger partial charge in [0.15, 0.2) is 0 Å². The molecule has 0 bridgehead atoms. The lowest BCUT2D eigenvalue weighted by molar-refractivity contribution is 0.202. The first-order chi connectivity index (χ1) is 9.69. The van der Waals surface area contributed by atoms with E-state index in [9.17, 15) is 0 Å². The summed E-state index contributed by atoms with van der Waals surface area (Å²) in [4.78, 5) is 2.30. The van der Waals surface area contributed by atoms with Crippen LogP contribution in [0.3, 0.4) is 0 Å². The Balaban J connectivity index is 2.33. The SMILES string of the molecule is CCN(CC)CC(Cl)COc1ccc(CCOC)cc1. The first kappa shape index (κ1) is 17.3. The highest BCUT2D eigenvalue weighted by Crippen LogP contribution is 2.14. The second kappa shape index (κ2) is 10.0. The quantitative estimate of drug-likeness (QED) is 0.619. The van der Waals surface area contributed by atoms with Crippen molar-refractivity contribution >= 4 is 11.6 Å². The molecule has 0 amide bonds. The summed E-state index contributed by atoms with van der Waals surface area (Å²) in [5, 5.41) is 0.0167. The molecule has 3 nitrogen and oxygen atoms in total. The van der Waals surface area contributed by atoms with Crippen LogP contribution in [0, 0.1) is 0 Å². The molecule has 0 radical (unpaired) electrons. The molecule has 1 aromatic carbocycles. The predicted octanol–water partition coefficient (Wildman–Crippen LogP) is 3.20. The largest absolute Gasteiger partial charge is 0.492 e. The van der Waals surface area contributed by atoms with Gasteiger partial charge in [-0.05, 0) is 37.2 Å². The van der Waals surface area contributed by atoms with Gasteiger partial charge in [0.1, 0.15) is 12.4 Å². The van der Waals surface area contributed by atoms with Crippen molar-refractivity contribution in [3.63, 3.8) is 0 Å². The van der Waals surface area contributed by atoms with Gasteiger partial charge in [0.25, 0.3) is 0 Å². The molecule has 1 atom stereocenters. The van der Waals surface area contributed by atoms with Gasteiger partial charge in [0.05, 0.1) is 12.0 Å². The molecule has 0 N–H and O–H groups in total. The van der Waals surface area contributed by atoms with Crippen LogP contribution >= 0.6 is 11.6 Å². The van der Waals surface area contributed by atoms with Crippen LogP contribution in [0.25, 0.3) is 0 Å². The number of benzene rings is 1. The first-order valence-electron chi connectivity index (χ1n) is 7.26. The number of nitrogens with zero attached hydrogens (tertiary/aromatic N) is 1. The van der Waals surface area contributed by atoms with Crippen LogP contribution in [-0.2, 0) is 11.2 Å². The fourth-order valence-corrected chi connectivity index (χ4v) is 2.23. The first-order valence-corrected chi connectivity index (χ1v) is 7.70. The summed E-state index contributed by atoms with van der Waals surface area (Å²) in [6.45, 7) is 8.48. The minimum atomic E-state index is 0.0167. The van der Waals surface area contributed by atoms with Crippen LogP contribution in [0.15, 0.2) is 24.3 Å². The van der Waals surface area contributed by atoms with Crippen molar-refractivity contribution in [2.75, 3.05) is 40.0 Å². The van der Waals surface area contributed by atoms with Gasteiger partial charge < -0.3 is 14.4 Å². The molecule has 1 rings (SSSR count). The van der Waals surface area contributed by atoms with E-state index in [-0.39, 0.29) is 5.38 Å². The van der Waals surface area contributed by atoms with Crippen LogP contribution in [0.4, 0.5) is 0 Å². The van der Waals surface area contributed by atoms with Gasteiger partial charge >= 0.3 is 0 Å². The minimum absolute atomic E-state index is 0.0167. The molecule has 0 fully saturated rings. The summed E-state index contributed by atoms with van der Waals surface area (Å²) in [6, 6.07) is 8.13. The van der Waals surface area contributed by atoms with E-state index in [4.69, 9.17) is 21.1 Å². The lowest BCUT2D eigenvalue weighted by Gasteiger charge is -2.21. The Hall–Kier alpha value is -0.770. The molecule has 0 saturated heterocycles. The van der Waals surface area contributed by atoms with Crippen molar-refractivity contribution in [1.29, 1.82) is 0 Å². The maximum atomic E-state index is 6.30. The van der Waals surface area contributed by atoms with Crippen molar-refractivity contribution in [2.45, 2.75) is 25.6 Å². The topological polar surface area (TPSA) is 21.7 Å². The van der Waals surface area contributed by atoms with Crippen LogP contribution in [0.1, 0.15) is 19.4 Å². The fraction of sp³-hybridized carbons (Fsp3) is 0.625. The van der Waals surface area contributed by atoms with E-state index in [0.717, 1.165) is 38.4 Å². The zero-order valence-electron chi connectivity index (χ0n) is 12.8. The molecule has 1 aromatic rings. The zero-order chi connectivity index (χ0) is 14.8. The Morgan fingerprint density at radius 3 is 2.35 bits per heavy atom. The van der Waals surface area contributed by atoms with Crippen molar-refractivity contribution in [3.05, 3.63) is 29.8 Å². The molecular weight excluding hydrogens is 274 g/mol. The third-order valence-corrected chi connectivity index (χ3v) is 3.56. The van der Waals surface area contributed by atoms with Crippen LogP contribution in [-0.4, -0.2) is 50.2 Å². The smallest absolute Gasteiger partial charge is 0.119 e. The third kappa shape index (κ3) is 6.60. The molecule has 0 aliphatic heterocycles. The Morgan fingerprint density at radius 2 is 1.80 bits per heavy atom. The van der Waals surface area contributed by atoms with Gasteiger partial charge in [-0.25, -0.2) is 0 Å². The van der Waals surface area contributed by atoms with E-state index >= 15 is 0 Å². The fourth-order valence-electron chi connectivity index (χ4n) is 1.97. The van der Waals surface area contributed by atoms with E-state index in [0.29, 0.717) is 6.61 Å². The van der Waals surface area contributed by atoms with Crippen molar-refractivity contribution < 1.29 is 9.47 Å². The van der Waals surface area contributed by atoms with Gasteiger partial charge in [0.2, 0.25) is 0 Å². The van der Waals surface area contributed by atoms with Gasteiger partial charge in [-0.2, -0.15) is 0 Å². The lowest BCUT2D eigenvalue weighted by Crippen LogP contribution is -2.32. The highest BCUT2D eigenvalue weighted by molar-refractivity contribution is 6.20. The number of methoxy groups -OCH3 is 1. The predicted molar refractivity (Wildman–Crippen MR) is 84.9 cm³/mol. The Labute approximate surface area is 127 Å². The van der Waals surface area contributed by atoms with Gasteiger partial charge in [-0.1, -0.05) is 26.0 Å². The summed E-state index contributed by atoms with van der Waals surface area (Å²) >= 11 is 6.30. The molecular formula is C16H26ClNO2. The molecule has 0 heterocycles. The van der Waals surface area contributed by atoms with Crippen molar-refractivity contribution in [1.82, 2.24) is 4.90 Å². The Bertz CT molecular complexity index is 352. The zero-order valence-corrected chi connectivity index (χ0v) is 13.5. The molecule has 114 valence electrons. The summed E-state index contributed by atoms with van der Waals surface area (Å²) in [5.41, 5.74) is 1.25. The van der Waals surface area contributed by atoms with E-state index < -0.39 is 0 Å². The molecule has 20 heavy (non-hydrogen) atoms. The molecule has 1 unspecified atom stereocenters. The lowest BCUT2D eigenvalue weighted by atomic mass is 10.1. The average molecular weight is 300 g/mol. The normalized spacial score (nSPS) is 12.7. The van der Waals surface area contributed by atoms with Gasteiger partial charge in [-0.15, -0.1) is 11.6 Å². The van der Waals surface area contributed by atoms with Crippen molar-refractivity contribution in [3.8, 4) is 5.75 Å². The van der Waals surface area contributed by atoms with E-state index in [2.05, 4.69) is 30.9 Å². The summed E-state index contributed by atoms with van der Waals surface area (Å²) in [5.74, 6) is 0.872. The maximum Gasteiger partial charge on any atom is 0.119 e. The molecule has 0 spiro atoms. The molecule has 0 aliphatic carbocycles. The Morgan fingerprint density at radius 1 is 1.15 bits per heavy atom. The highest BCUT2D eigenvalue weighted by atomic mass is 35.5. The number of ether oxygens (including phenoxy) is 2. The van der Waals surface area contributed by atoms with Gasteiger partial charge in [0, 0.05) is 13.7 Å².